The van der Waals surface area contributed by atoms with Crippen molar-refractivity contribution in [3.8, 4) is 17.1 Å². The number of aldehydes is 1. The third-order valence-electron chi connectivity index (χ3n) is 6.21. The van der Waals surface area contributed by atoms with Gasteiger partial charge >= 0.3 is 0 Å². The SMILES string of the molecule is CCOC.CCn1c(CCl)nc2c(N3CCOCC3)cc(-n3nc(-c4cccc(C)c4)cc3C=O)nc21. The molecule has 0 radical (unpaired) electrons. The molecule has 37 heavy (non-hydrogen) atoms. The summed E-state index contributed by atoms with van der Waals surface area (Å²) >= 11 is 6.20. The molecule has 9 nitrogen and oxygen atoms in total. The lowest BCUT2D eigenvalue weighted by atomic mass is 10.1. The number of nitrogens with zero attached hydrogens (tertiary/aromatic N) is 6. The van der Waals surface area contributed by atoms with Gasteiger partial charge < -0.3 is 18.9 Å². The van der Waals surface area contributed by atoms with Crippen LogP contribution >= 0.6 is 11.6 Å². The van der Waals surface area contributed by atoms with E-state index in [-0.39, 0.29) is 0 Å². The number of morpholine rings is 1. The predicted molar refractivity (Wildman–Crippen MR) is 146 cm³/mol. The average molecular weight is 525 g/mol. The van der Waals surface area contributed by atoms with Gasteiger partial charge in [-0.05, 0) is 32.9 Å². The van der Waals surface area contributed by atoms with Crippen LogP contribution in [0.2, 0.25) is 0 Å². The number of imidazole rings is 1. The molecule has 4 heterocycles. The highest BCUT2D eigenvalue weighted by Gasteiger charge is 2.23. The van der Waals surface area contributed by atoms with Crippen LogP contribution in [-0.4, -0.2) is 70.6 Å². The summed E-state index contributed by atoms with van der Waals surface area (Å²) in [6, 6.07) is 11.8. The summed E-state index contributed by atoms with van der Waals surface area (Å²) in [6.07, 6.45) is 0.813. The maximum atomic E-state index is 12.0. The fourth-order valence-corrected chi connectivity index (χ4v) is 4.51. The third-order valence-corrected chi connectivity index (χ3v) is 6.45. The maximum Gasteiger partial charge on any atom is 0.168 e. The summed E-state index contributed by atoms with van der Waals surface area (Å²) in [7, 11) is 1.68. The molecule has 10 heteroatoms. The van der Waals surface area contributed by atoms with Crippen molar-refractivity contribution in [3.05, 3.63) is 53.5 Å². The first kappa shape index (κ1) is 26.8. The van der Waals surface area contributed by atoms with E-state index in [4.69, 9.17) is 31.4 Å². The van der Waals surface area contributed by atoms with Crippen molar-refractivity contribution >= 4 is 34.7 Å². The molecule has 1 aliphatic rings. The lowest BCUT2D eigenvalue weighted by Gasteiger charge is -2.29. The molecule has 1 aliphatic heterocycles. The molecule has 196 valence electrons. The van der Waals surface area contributed by atoms with Crippen molar-refractivity contribution in [1.29, 1.82) is 0 Å². The van der Waals surface area contributed by atoms with Crippen LogP contribution in [0.1, 0.15) is 35.7 Å². The topological polar surface area (TPSA) is 87.3 Å². The van der Waals surface area contributed by atoms with Gasteiger partial charge in [0.15, 0.2) is 17.8 Å². The minimum Gasteiger partial charge on any atom is -0.385 e. The minimum absolute atomic E-state index is 0.293. The number of carbonyl (C=O) groups excluding carboxylic acids is 1. The monoisotopic (exact) mass is 524 g/mol. The summed E-state index contributed by atoms with van der Waals surface area (Å²) in [6.45, 7) is 10.3. The van der Waals surface area contributed by atoms with Crippen LogP contribution in [0.15, 0.2) is 36.4 Å². The molecule has 0 atom stereocenters. The Balaban J connectivity index is 0.000000747. The number of benzene rings is 1. The Morgan fingerprint density at radius 3 is 2.51 bits per heavy atom. The number of alkyl halides is 1. The van der Waals surface area contributed by atoms with Gasteiger partial charge in [-0.3, -0.25) is 4.79 Å². The van der Waals surface area contributed by atoms with Gasteiger partial charge in [0.25, 0.3) is 0 Å². The van der Waals surface area contributed by atoms with Crippen molar-refractivity contribution < 1.29 is 14.3 Å². The maximum absolute atomic E-state index is 12.0. The third kappa shape index (κ3) is 5.69. The Morgan fingerprint density at radius 1 is 1.14 bits per heavy atom. The first-order chi connectivity index (χ1) is 18.0. The van der Waals surface area contributed by atoms with Crippen LogP contribution in [0.3, 0.4) is 0 Å². The molecule has 1 saturated heterocycles. The van der Waals surface area contributed by atoms with E-state index in [9.17, 15) is 4.79 Å². The molecule has 3 aromatic heterocycles. The number of aromatic nitrogens is 5. The quantitative estimate of drug-likeness (QED) is 0.257. The van der Waals surface area contributed by atoms with Crippen molar-refractivity contribution in [2.45, 2.75) is 33.2 Å². The number of anilines is 1. The zero-order valence-electron chi connectivity index (χ0n) is 21.8. The number of rotatable bonds is 7. The lowest BCUT2D eigenvalue weighted by Crippen LogP contribution is -2.36. The Morgan fingerprint density at radius 2 is 1.89 bits per heavy atom. The van der Waals surface area contributed by atoms with Crippen LogP contribution in [-0.2, 0) is 21.9 Å². The van der Waals surface area contributed by atoms with Gasteiger partial charge in [-0.25, -0.2) is 14.6 Å². The lowest BCUT2D eigenvalue weighted by molar-refractivity contribution is 0.111. The molecule has 1 fully saturated rings. The molecule has 0 spiro atoms. The van der Waals surface area contributed by atoms with Crippen LogP contribution in [0, 0.1) is 6.92 Å². The molecular weight excluding hydrogens is 492 g/mol. The summed E-state index contributed by atoms with van der Waals surface area (Å²) in [5.41, 5.74) is 5.72. The highest BCUT2D eigenvalue weighted by molar-refractivity contribution is 6.17. The summed E-state index contributed by atoms with van der Waals surface area (Å²) in [5.74, 6) is 1.63. The van der Waals surface area contributed by atoms with Gasteiger partial charge in [-0.2, -0.15) is 5.10 Å². The van der Waals surface area contributed by atoms with Gasteiger partial charge in [0, 0.05) is 45.0 Å². The Kier molecular flexibility index (Phi) is 8.91. The Bertz CT molecular complexity index is 1360. The van der Waals surface area contributed by atoms with Gasteiger partial charge in [0.05, 0.1) is 30.5 Å². The number of halogens is 1. The number of pyridine rings is 1. The van der Waals surface area contributed by atoms with E-state index in [1.165, 1.54) is 0 Å². The molecule has 0 unspecified atom stereocenters. The second kappa shape index (κ2) is 12.3. The molecule has 0 saturated carbocycles. The van der Waals surface area contributed by atoms with Crippen molar-refractivity contribution in [2.24, 2.45) is 0 Å². The van der Waals surface area contributed by atoms with Gasteiger partial charge in [-0.1, -0.05) is 23.8 Å². The fourth-order valence-electron chi connectivity index (χ4n) is 4.30. The normalized spacial score (nSPS) is 13.5. The van der Waals surface area contributed by atoms with E-state index in [1.807, 2.05) is 49.6 Å². The number of hydrogen-bond donors (Lipinski definition) is 0. The summed E-state index contributed by atoms with van der Waals surface area (Å²) in [4.78, 5) is 23.9. The Hall–Kier alpha value is -3.27. The molecule has 0 aliphatic carbocycles. The number of carbonyl (C=O) groups is 1. The van der Waals surface area contributed by atoms with Crippen molar-refractivity contribution in [2.75, 3.05) is 44.9 Å². The number of ether oxygens (including phenoxy) is 2. The van der Waals surface area contributed by atoms with Crippen LogP contribution in [0.25, 0.3) is 28.2 Å². The van der Waals surface area contributed by atoms with E-state index in [0.717, 1.165) is 65.5 Å². The fraction of sp³-hybridized carbons (Fsp3) is 0.407. The molecule has 5 rings (SSSR count). The number of fused-ring (bicyclic) bond motifs is 1. The number of methoxy groups -OCH3 is 1. The van der Waals surface area contributed by atoms with E-state index in [2.05, 4.69) is 15.7 Å². The van der Waals surface area contributed by atoms with Gasteiger partial charge in [0.1, 0.15) is 17.0 Å². The molecular formula is C27H33ClN6O3. The van der Waals surface area contributed by atoms with Crippen LogP contribution in [0.4, 0.5) is 5.69 Å². The molecule has 1 aromatic carbocycles. The van der Waals surface area contributed by atoms with Gasteiger partial charge in [0.2, 0.25) is 0 Å². The van der Waals surface area contributed by atoms with Crippen LogP contribution in [0.5, 0.6) is 0 Å². The van der Waals surface area contributed by atoms with E-state index in [0.29, 0.717) is 37.2 Å². The standard InChI is InChI=1S/C24H25ClN6O2.C3H8O/c1-3-30-22(14-25)26-23-20(29-7-9-33-10-8-29)13-21(27-24(23)30)31-18(15-32)12-19(28-31)17-6-4-5-16(2)11-17;1-3-4-2/h4-6,11-13,15H,3,7-10,14H2,1-2H3;3H2,1-2H3. The van der Waals surface area contributed by atoms with Crippen LogP contribution < -0.4 is 4.90 Å². The van der Waals surface area contributed by atoms with Crippen molar-refractivity contribution in [1.82, 2.24) is 24.3 Å². The number of hydrogen-bond acceptors (Lipinski definition) is 7. The highest BCUT2D eigenvalue weighted by Crippen LogP contribution is 2.31. The molecule has 4 aromatic rings. The summed E-state index contributed by atoms with van der Waals surface area (Å²) in [5, 5.41) is 4.76. The molecule has 0 bridgehead atoms. The van der Waals surface area contributed by atoms with Gasteiger partial charge in [-0.15, -0.1) is 11.6 Å². The zero-order valence-corrected chi connectivity index (χ0v) is 22.5. The smallest absolute Gasteiger partial charge is 0.168 e. The molecule has 0 amide bonds. The van der Waals surface area contributed by atoms with Crippen molar-refractivity contribution in [3.63, 3.8) is 0 Å². The second-order valence-electron chi connectivity index (χ2n) is 8.61. The average Bonchev–Trinajstić information content (AvgIpc) is 3.54. The predicted octanol–water partition coefficient (Wildman–Crippen LogP) is 4.65. The number of aryl methyl sites for hydroxylation is 2. The van der Waals surface area contributed by atoms with E-state index in [1.54, 1.807) is 17.9 Å². The largest absolute Gasteiger partial charge is 0.385 e. The van der Waals surface area contributed by atoms with E-state index >= 15 is 0 Å². The summed E-state index contributed by atoms with van der Waals surface area (Å²) < 4.78 is 13.7. The first-order valence-electron chi connectivity index (χ1n) is 12.4. The first-order valence-corrected chi connectivity index (χ1v) is 13.0. The minimum atomic E-state index is 0.293. The second-order valence-corrected chi connectivity index (χ2v) is 8.88. The zero-order chi connectivity index (χ0) is 26.4. The van der Waals surface area contributed by atoms with E-state index < -0.39 is 0 Å². The Labute approximate surface area is 222 Å². The highest BCUT2D eigenvalue weighted by atomic mass is 35.5. The molecule has 0 N–H and O–H groups in total.